The predicted molar refractivity (Wildman–Crippen MR) is 62.1 cm³/mol. The van der Waals surface area contributed by atoms with Gasteiger partial charge in [-0.15, -0.1) is 11.3 Å². The molecule has 1 heterocycles. The summed E-state index contributed by atoms with van der Waals surface area (Å²) in [6.07, 6.45) is -0.602. The second-order valence-electron chi connectivity index (χ2n) is 3.61. The molecule has 0 fully saturated rings. The molecule has 15 heavy (non-hydrogen) atoms. The van der Waals surface area contributed by atoms with Gasteiger partial charge in [-0.2, -0.15) is 0 Å². The summed E-state index contributed by atoms with van der Waals surface area (Å²) in [5.74, 6) is 0. The van der Waals surface area contributed by atoms with Gasteiger partial charge in [0.2, 0.25) is 0 Å². The van der Waals surface area contributed by atoms with Gasteiger partial charge in [0.25, 0.3) is 0 Å². The molecule has 3 heteroatoms. The average molecular weight is 219 g/mol. The number of benzene rings is 1. The number of hydrogen-bond donors (Lipinski definition) is 1. The summed E-state index contributed by atoms with van der Waals surface area (Å²) >= 11 is 1.56. The number of aryl methyl sites for hydroxylation is 2. The Morgan fingerprint density at radius 2 is 2.13 bits per heavy atom. The zero-order chi connectivity index (χ0) is 10.8. The van der Waals surface area contributed by atoms with Gasteiger partial charge in [-0.25, -0.2) is 4.98 Å². The van der Waals surface area contributed by atoms with E-state index in [-0.39, 0.29) is 0 Å². The second-order valence-corrected chi connectivity index (χ2v) is 4.67. The number of aromatic nitrogens is 1. The lowest BCUT2D eigenvalue weighted by Crippen LogP contribution is -2.00. The first-order chi connectivity index (χ1) is 7.16. The fourth-order valence-electron chi connectivity index (χ4n) is 1.52. The summed E-state index contributed by atoms with van der Waals surface area (Å²) in [4.78, 5) is 4.29. The Balaban J connectivity index is 2.32. The van der Waals surface area contributed by atoms with Gasteiger partial charge in [0, 0.05) is 5.38 Å². The second kappa shape index (κ2) is 4.13. The highest BCUT2D eigenvalue weighted by Crippen LogP contribution is 2.23. The molecule has 78 valence electrons. The van der Waals surface area contributed by atoms with E-state index in [0.717, 1.165) is 21.8 Å². The molecule has 1 aromatic heterocycles. The normalized spacial score (nSPS) is 12.7. The summed E-state index contributed by atoms with van der Waals surface area (Å²) < 4.78 is 0. The number of thiazole rings is 1. The number of aliphatic hydroxyl groups is 1. The van der Waals surface area contributed by atoms with Crippen LogP contribution in [0.15, 0.2) is 29.6 Å². The van der Waals surface area contributed by atoms with E-state index in [1.54, 1.807) is 11.3 Å². The first-order valence-electron chi connectivity index (χ1n) is 4.83. The Kier molecular flexibility index (Phi) is 2.84. The van der Waals surface area contributed by atoms with Crippen molar-refractivity contribution in [1.82, 2.24) is 4.98 Å². The maximum absolute atomic E-state index is 10.1. The largest absolute Gasteiger partial charge is 0.382 e. The minimum atomic E-state index is -0.602. The third-order valence-electron chi connectivity index (χ3n) is 2.27. The fraction of sp³-hybridized carbons (Fsp3) is 0.250. The van der Waals surface area contributed by atoms with E-state index in [1.807, 2.05) is 43.5 Å². The van der Waals surface area contributed by atoms with Gasteiger partial charge in [0.15, 0.2) is 0 Å². The third-order valence-corrected chi connectivity index (χ3v) is 3.07. The smallest absolute Gasteiger partial charge is 0.122 e. The number of nitrogens with zero attached hydrogens (tertiary/aromatic N) is 1. The number of hydrogen-bond acceptors (Lipinski definition) is 3. The molecule has 0 aliphatic carbocycles. The molecule has 1 unspecified atom stereocenters. The molecule has 1 atom stereocenters. The van der Waals surface area contributed by atoms with Crippen molar-refractivity contribution in [3.8, 4) is 0 Å². The summed E-state index contributed by atoms with van der Waals surface area (Å²) in [6, 6.07) is 7.88. The van der Waals surface area contributed by atoms with Gasteiger partial charge in [0.1, 0.15) is 6.10 Å². The zero-order valence-corrected chi connectivity index (χ0v) is 9.58. The van der Waals surface area contributed by atoms with E-state index >= 15 is 0 Å². The van der Waals surface area contributed by atoms with E-state index < -0.39 is 6.10 Å². The van der Waals surface area contributed by atoms with Crippen LogP contribution in [0.5, 0.6) is 0 Å². The van der Waals surface area contributed by atoms with Crippen LogP contribution in [0, 0.1) is 13.8 Å². The minimum Gasteiger partial charge on any atom is -0.382 e. The van der Waals surface area contributed by atoms with Crippen LogP contribution in [0.1, 0.15) is 27.9 Å². The molecule has 0 saturated carbocycles. The molecule has 1 aromatic carbocycles. The molecule has 2 nitrogen and oxygen atoms in total. The molecular formula is C12H13NOS. The van der Waals surface area contributed by atoms with Crippen molar-refractivity contribution in [2.75, 3.05) is 0 Å². The molecule has 1 N–H and O–H groups in total. The van der Waals surface area contributed by atoms with Crippen LogP contribution < -0.4 is 0 Å². The quantitative estimate of drug-likeness (QED) is 0.842. The lowest BCUT2D eigenvalue weighted by atomic mass is 10.1. The molecule has 0 aliphatic heterocycles. The van der Waals surface area contributed by atoms with Gasteiger partial charge in [-0.3, -0.25) is 0 Å². The van der Waals surface area contributed by atoms with Crippen LogP contribution in [0.25, 0.3) is 0 Å². The highest BCUT2D eigenvalue weighted by atomic mass is 32.1. The predicted octanol–water partition coefficient (Wildman–Crippen LogP) is 2.84. The Morgan fingerprint density at radius 3 is 2.73 bits per heavy atom. The zero-order valence-electron chi connectivity index (χ0n) is 8.77. The van der Waals surface area contributed by atoms with Gasteiger partial charge >= 0.3 is 0 Å². The van der Waals surface area contributed by atoms with Crippen LogP contribution in [0.2, 0.25) is 0 Å². The molecule has 0 spiro atoms. The molecule has 2 rings (SSSR count). The van der Waals surface area contributed by atoms with Gasteiger partial charge in [-0.1, -0.05) is 29.8 Å². The Bertz CT molecular complexity index is 464. The maximum atomic E-state index is 10.1. The van der Waals surface area contributed by atoms with Crippen molar-refractivity contribution in [3.63, 3.8) is 0 Å². The monoisotopic (exact) mass is 219 g/mol. The van der Waals surface area contributed by atoms with E-state index in [9.17, 15) is 5.11 Å². The fourth-order valence-corrected chi connectivity index (χ4v) is 2.15. The first-order valence-corrected chi connectivity index (χ1v) is 5.71. The van der Waals surface area contributed by atoms with E-state index in [2.05, 4.69) is 4.98 Å². The average Bonchev–Trinajstić information content (AvgIpc) is 2.64. The lowest BCUT2D eigenvalue weighted by Gasteiger charge is -2.08. The van der Waals surface area contributed by atoms with Crippen molar-refractivity contribution in [3.05, 3.63) is 51.5 Å². The highest BCUT2D eigenvalue weighted by molar-refractivity contribution is 7.09. The van der Waals surface area contributed by atoms with E-state index in [4.69, 9.17) is 0 Å². The van der Waals surface area contributed by atoms with Gasteiger partial charge in [-0.05, 0) is 19.4 Å². The highest BCUT2D eigenvalue weighted by Gasteiger charge is 2.12. The molecule has 0 bridgehead atoms. The van der Waals surface area contributed by atoms with Gasteiger partial charge in [0.05, 0.1) is 10.7 Å². The van der Waals surface area contributed by atoms with Crippen LogP contribution in [-0.2, 0) is 0 Å². The van der Waals surface area contributed by atoms with Crippen LogP contribution in [-0.4, -0.2) is 10.1 Å². The molecule has 0 aliphatic rings. The van der Waals surface area contributed by atoms with Gasteiger partial charge < -0.3 is 5.11 Å². The first kappa shape index (κ1) is 10.3. The summed E-state index contributed by atoms with van der Waals surface area (Å²) in [5.41, 5.74) is 2.79. The maximum Gasteiger partial charge on any atom is 0.122 e. The Hall–Kier alpha value is -1.19. The summed E-state index contributed by atoms with van der Waals surface area (Å²) in [5, 5.41) is 13.0. The number of rotatable bonds is 2. The van der Waals surface area contributed by atoms with Crippen LogP contribution >= 0.6 is 11.3 Å². The van der Waals surface area contributed by atoms with Crippen molar-refractivity contribution in [2.45, 2.75) is 20.0 Å². The molecular weight excluding hydrogens is 206 g/mol. The Morgan fingerprint density at radius 1 is 1.33 bits per heavy atom. The van der Waals surface area contributed by atoms with Crippen molar-refractivity contribution < 1.29 is 5.11 Å². The standard InChI is InChI=1S/C12H13NOS/c1-8-4-3-5-10(6-8)12(14)11-7-15-9(2)13-11/h3-7,12,14H,1-2H3. The third kappa shape index (κ3) is 2.25. The van der Waals surface area contributed by atoms with Crippen molar-refractivity contribution in [2.24, 2.45) is 0 Å². The minimum absolute atomic E-state index is 0.602. The Labute approximate surface area is 93.2 Å². The van der Waals surface area contributed by atoms with E-state index in [1.165, 1.54) is 0 Å². The summed E-state index contributed by atoms with van der Waals surface area (Å²) in [6.45, 7) is 3.96. The lowest BCUT2D eigenvalue weighted by molar-refractivity contribution is 0.216. The molecule has 0 radical (unpaired) electrons. The summed E-state index contributed by atoms with van der Waals surface area (Å²) in [7, 11) is 0. The molecule has 0 saturated heterocycles. The van der Waals surface area contributed by atoms with Crippen LogP contribution in [0.4, 0.5) is 0 Å². The molecule has 0 amide bonds. The SMILES string of the molecule is Cc1cccc(C(O)c2csc(C)n2)c1. The number of aliphatic hydroxyl groups excluding tert-OH is 1. The molecule has 2 aromatic rings. The van der Waals surface area contributed by atoms with Crippen LogP contribution in [0.3, 0.4) is 0 Å². The topological polar surface area (TPSA) is 33.1 Å². The van der Waals surface area contributed by atoms with E-state index in [0.29, 0.717) is 0 Å². The van der Waals surface area contributed by atoms with Crippen molar-refractivity contribution >= 4 is 11.3 Å². The van der Waals surface area contributed by atoms with Crippen molar-refractivity contribution in [1.29, 1.82) is 0 Å².